The summed E-state index contributed by atoms with van der Waals surface area (Å²) in [5.74, 6) is -0.214. The molecule has 5 nitrogen and oxygen atoms in total. The fourth-order valence-corrected chi connectivity index (χ4v) is 1.71. The van der Waals surface area contributed by atoms with Crippen LogP contribution in [0.3, 0.4) is 0 Å². The van der Waals surface area contributed by atoms with Crippen molar-refractivity contribution < 1.29 is 4.79 Å². The molecule has 2 aromatic rings. The molecule has 18 heavy (non-hydrogen) atoms. The largest absolute Gasteiger partial charge is 0.328 e. The van der Waals surface area contributed by atoms with Gasteiger partial charge in [0.2, 0.25) is 5.91 Å². The van der Waals surface area contributed by atoms with Gasteiger partial charge in [-0.15, -0.1) is 0 Å². The molecule has 0 spiro atoms. The number of hydrogen-bond donors (Lipinski definition) is 1. The van der Waals surface area contributed by atoms with Gasteiger partial charge in [0.05, 0.1) is 0 Å². The quantitative estimate of drug-likeness (QED) is 0.881. The highest BCUT2D eigenvalue weighted by molar-refractivity contribution is 5.90. The number of carbonyl (C=O) groups excluding carboxylic acids is 1. The Bertz CT molecular complexity index is 625. The van der Waals surface area contributed by atoms with Crippen molar-refractivity contribution in [2.45, 2.75) is 13.5 Å². The molecule has 2 rings (SSSR count). The second-order valence-electron chi connectivity index (χ2n) is 4.24. The van der Waals surface area contributed by atoms with Gasteiger partial charge in [-0.3, -0.25) is 9.36 Å². The van der Waals surface area contributed by atoms with E-state index in [2.05, 4.69) is 5.32 Å². The topological polar surface area (TPSA) is 56.0 Å². The fourth-order valence-electron chi connectivity index (χ4n) is 1.71. The Morgan fingerprint density at radius 3 is 2.72 bits per heavy atom. The van der Waals surface area contributed by atoms with Crippen LogP contribution in [0, 0.1) is 6.92 Å². The van der Waals surface area contributed by atoms with Crippen molar-refractivity contribution in [1.29, 1.82) is 0 Å². The number of benzene rings is 1. The lowest BCUT2D eigenvalue weighted by Gasteiger charge is -2.06. The third kappa shape index (κ3) is 2.68. The van der Waals surface area contributed by atoms with Crippen LogP contribution in [0.2, 0.25) is 0 Å². The summed E-state index contributed by atoms with van der Waals surface area (Å²) in [7, 11) is 1.65. The molecule has 1 heterocycles. The van der Waals surface area contributed by atoms with Crippen LogP contribution in [0.1, 0.15) is 5.56 Å². The summed E-state index contributed by atoms with van der Waals surface area (Å²) in [6.45, 7) is 1.98. The van der Waals surface area contributed by atoms with Gasteiger partial charge >= 0.3 is 5.69 Å². The monoisotopic (exact) mass is 245 g/mol. The summed E-state index contributed by atoms with van der Waals surface area (Å²) in [6.07, 6.45) is 3.22. The van der Waals surface area contributed by atoms with Gasteiger partial charge in [0.15, 0.2) is 0 Å². The smallest absolute Gasteiger partial charge is 0.325 e. The van der Waals surface area contributed by atoms with Crippen molar-refractivity contribution in [1.82, 2.24) is 9.13 Å². The van der Waals surface area contributed by atoms with E-state index in [4.69, 9.17) is 0 Å². The van der Waals surface area contributed by atoms with Gasteiger partial charge in [-0.1, -0.05) is 12.1 Å². The minimum atomic E-state index is -0.214. The minimum absolute atomic E-state index is 0.0214. The van der Waals surface area contributed by atoms with Crippen molar-refractivity contribution >= 4 is 11.6 Å². The molecule has 0 unspecified atom stereocenters. The molecule has 0 aliphatic carbocycles. The fraction of sp³-hybridized carbons (Fsp3) is 0.231. The van der Waals surface area contributed by atoms with Crippen molar-refractivity contribution in [3.63, 3.8) is 0 Å². The van der Waals surface area contributed by atoms with Gasteiger partial charge in [-0.25, -0.2) is 4.79 Å². The maximum Gasteiger partial charge on any atom is 0.328 e. The number of carbonyl (C=O) groups is 1. The first-order valence-electron chi connectivity index (χ1n) is 5.64. The molecule has 0 saturated heterocycles. The Labute approximate surface area is 105 Å². The minimum Gasteiger partial charge on any atom is -0.325 e. The van der Waals surface area contributed by atoms with Crippen LogP contribution in [0.4, 0.5) is 5.69 Å². The zero-order chi connectivity index (χ0) is 13.1. The molecule has 1 aromatic carbocycles. The Morgan fingerprint density at radius 1 is 1.33 bits per heavy atom. The Morgan fingerprint density at radius 2 is 2.11 bits per heavy atom. The van der Waals surface area contributed by atoms with E-state index in [0.717, 1.165) is 11.3 Å². The molecule has 0 aliphatic rings. The van der Waals surface area contributed by atoms with Crippen molar-refractivity contribution in [3.05, 3.63) is 52.7 Å². The molecule has 1 aromatic heterocycles. The van der Waals surface area contributed by atoms with Crippen LogP contribution in [0.15, 0.2) is 41.5 Å². The molecule has 0 aliphatic heterocycles. The second-order valence-corrected chi connectivity index (χ2v) is 4.24. The van der Waals surface area contributed by atoms with E-state index in [9.17, 15) is 9.59 Å². The number of amides is 1. The van der Waals surface area contributed by atoms with E-state index in [1.807, 2.05) is 31.2 Å². The van der Waals surface area contributed by atoms with E-state index < -0.39 is 0 Å². The second kappa shape index (κ2) is 4.91. The lowest BCUT2D eigenvalue weighted by atomic mass is 10.2. The van der Waals surface area contributed by atoms with Gasteiger partial charge in [0.1, 0.15) is 6.54 Å². The predicted octanol–water partition coefficient (Wildman–Crippen LogP) is 1.13. The Hall–Kier alpha value is -2.30. The first-order chi connectivity index (χ1) is 8.56. The van der Waals surface area contributed by atoms with E-state index in [1.165, 1.54) is 9.13 Å². The number of aromatic nitrogens is 2. The molecule has 0 fully saturated rings. The third-order valence-corrected chi connectivity index (χ3v) is 2.63. The zero-order valence-corrected chi connectivity index (χ0v) is 10.4. The van der Waals surface area contributed by atoms with Gasteiger partial charge in [0.25, 0.3) is 0 Å². The summed E-state index contributed by atoms with van der Waals surface area (Å²) in [6, 6.07) is 7.53. The van der Waals surface area contributed by atoms with Gasteiger partial charge in [-0.05, 0) is 24.6 Å². The third-order valence-electron chi connectivity index (χ3n) is 2.63. The highest BCUT2D eigenvalue weighted by Gasteiger charge is 2.06. The van der Waals surface area contributed by atoms with Crippen molar-refractivity contribution in [3.8, 4) is 0 Å². The van der Waals surface area contributed by atoms with Crippen molar-refractivity contribution in [2.24, 2.45) is 7.05 Å². The summed E-state index contributed by atoms with van der Waals surface area (Å²) >= 11 is 0. The van der Waals surface area contributed by atoms with Crippen LogP contribution < -0.4 is 11.0 Å². The normalized spacial score (nSPS) is 10.3. The van der Waals surface area contributed by atoms with Gasteiger partial charge in [0, 0.05) is 25.1 Å². The molecular formula is C13H15N3O2. The zero-order valence-electron chi connectivity index (χ0n) is 10.4. The first kappa shape index (κ1) is 12.2. The average Bonchev–Trinajstić information content (AvgIpc) is 2.61. The summed E-state index contributed by atoms with van der Waals surface area (Å²) < 4.78 is 2.80. The average molecular weight is 245 g/mol. The SMILES string of the molecule is Cc1cccc(NC(=O)Cn2ccn(C)c2=O)c1. The van der Waals surface area contributed by atoms with E-state index >= 15 is 0 Å². The molecule has 94 valence electrons. The van der Waals surface area contributed by atoms with Gasteiger partial charge in [-0.2, -0.15) is 0 Å². The number of aryl methyl sites for hydroxylation is 2. The van der Waals surface area contributed by atoms with E-state index in [1.54, 1.807) is 19.4 Å². The number of imidazole rings is 1. The van der Waals surface area contributed by atoms with E-state index in [0.29, 0.717) is 0 Å². The predicted molar refractivity (Wildman–Crippen MR) is 69.5 cm³/mol. The number of nitrogens with zero attached hydrogens (tertiary/aromatic N) is 2. The molecule has 1 N–H and O–H groups in total. The van der Waals surface area contributed by atoms with Crippen molar-refractivity contribution in [2.75, 3.05) is 5.32 Å². The Kier molecular flexibility index (Phi) is 3.32. The van der Waals surface area contributed by atoms with Crippen LogP contribution >= 0.6 is 0 Å². The molecule has 0 bridgehead atoms. The molecule has 0 radical (unpaired) electrons. The summed E-state index contributed by atoms with van der Waals surface area (Å²) in [5.41, 5.74) is 1.61. The molecular weight excluding hydrogens is 230 g/mol. The van der Waals surface area contributed by atoms with Crippen LogP contribution in [0.5, 0.6) is 0 Å². The van der Waals surface area contributed by atoms with Gasteiger partial charge < -0.3 is 9.88 Å². The molecule has 0 saturated carbocycles. The lowest BCUT2D eigenvalue weighted by molar-refractivity contribution is -0.116. The van der Waals surface area contributed by atoms with E-state index in [-0.39, 0.29) is 18.1 Å². The number of rotatable bonds is 3. The first-order valence-corrected chi connectivity index (χ1v) is 5.64. The lowest BCUT2D eigenvalue weighted by Crippen LogP contribution is -2.28. The number of nitrogens with one attached hydrogen (secondary N) is 1. The maximum absolute atomic E-state index is 11.8. The number of anilines is 1. The van der Waals surface area contributed by atoms with Crippen LogP contribution in [0.25, 0.3) is 0 Å². The van der Waals surface area contributed by atoms with Crippen LogP contribution in [-0.2, 0) is 18.4 Å². The number of hydrogen-bond acceptors (Lipinski definition) is 2. The Balaban J connectivity index is 2.05. The molecule has 5 heteroatoms. The highest BCUT2D eigenvalue weighted by Crippen LogP contribution is 2.09. The standard InChI is InChI=1S/C13H15N3O2/c1-10-4-3-5-11(8-10)14-12(17)9-16-7-6-15(2)13(16)18/h3-8H,9H2,1-2H3,(H,14,17). The highest BCUT2D eigenvalue weighted by atomic mass is 16.2. The molecule has 1 amide bonds. The molecule has 0 atom stereocenters. The summed E-state index contributed by atoms with van der Waals surface area (Å²) in [5, 5.41) is 2.76. The van der Waals surface area contributed by atoms with Crippen LogP contribution in [-0.4, -0.2) is 15.0 Å². The maximum atomic E-state index is 11.8. The summed E-state index contributed by atoms with van der Waals surface area (Å²) in [4.78, 5) is 23.3.